The maximum absolute atomic E-state index is 6.96. The van der Waals surface area contributed by atoms with Crippen LogP contribution < -0.4 is 9.47 Å². The van der Waals surface area contributed by atoms with Crippen molar-refractivity contribution in [3.63, 3.8) is 0 Å². The summed E-state index contributed by atoms with van der Waals surface area (Å²) in [7, 11) is 0. The zero-order chi connectivity index (χ0) is 33.7. The zero-order valence-corrected chi connectivity index (χ0v) is 27.5. The molecule has 0 aliphatic carbocycles. The van der Waals surface area contributed by atoms with E-state index in [0.29, 0.717) is 0 Å². The van der Waals surface area contributed by atoms with Crippen molar-refractivity contribution in [2.75, 3.05) is 0 Å². The highest BCUT2D eigenvalue weighted by molar-refractivity contribution is 6.10. The van der Waals surface area contributed by atoms with Gasteiger partial charge >= 0.3 is 0 Å². The maximum atomic E-state index is 6.96. The van der Waals surface area contributed by atoms with Gasteiger partial charge in [0.25, 0.3) is 0 Å². The van der Waals surface area contributed by atoms with E-state index in [0.717, 1.165) is 73.2 Å². The number of ether oxygens (including phenoxy) is 2. The van der Waals surface area contributed by atoms with Gasteiger partial charge in [0.2, 0.25) is 0 Å². The van der Waals surface area contributed by atoms with Crippen LogP contribution in [0, 0.1) is 0 Å². The Bertz CT molecular complexity index is 2750. The molecule has 0 atom stereocenters. The van der Waals surface area contributed by atoms with Gasteiger partial charge in [-0.15, -0.1) is 0 Å². The maximum Gasteiger partial charge on any atom is 0.136 e. The molecule has 0 amide bonds. The highest BCUT2D eigenvalue weighted by Gasteiger charge is 2.22. The van der Waals surface area contributed by atoms with Gasteiger partial charge in [0.15, 0.2) is 0 Å². The summed E-state index contributed by atoms with van der Waals surface area (Å²) >= 11 is 0. The first-order valence-corrected chi connectivity index (χ1v) is 17.1. The summed E-state index contributed by atoms with van der Waals surface area (Å²) in [6.07, 6.45) is 3.63. The molecule has 0 spiro atoms. The summed E-state index contributed by atoms with van der Waals surface area (Å²) in [5, 5.41) is 2.43. The van der Waals surface area contributed by atoms with Crippen LogP contribution >= 0.6 is 0 Å². The molecule has 240 valence electrons. The number of pyridine rings is 1. The monoisotopic (exact) mass is 654 g/mol. The molecule has 0 saturated heterocycles. The molecule has 9 aromatic rings. The van der Waals surface area contributed by atoms with E-state index in [1.54, 1.807) is 0 Å². The molecule has 0 bridgehead atoms. The lowest BCUT2D eigenvalue weighted by Gasteiger charge is -2.22. The van der Waals surface area contributed by atoms with E-state index in [1.165, 1.54) is 21.8 Å². The number of hydrogen-bond acceptors (Lipinski definition) is 3. The average molecular weight is 655 g/mol. The minimum atomic E-state index is 0.754. The highest BCUT2D eigenvalue weighted by atomic mass is 16.5. The fourth-order valence-electron chi connectivity index (χ4n) is 7.36. The highest BCUT2D eigenvalue weighted by Crippen LogP contribution is 2.48. The second-order valence-electron chi connectivity index (χ2n) is 12.8. The molecule has 10 rings (SSSR count). The van der Waals surface area contributed by atoms with Gasteiger partial charge in [-0.2, -0.15) is 0 Å². The lowest BCUT2D eigenvalue weighted by atomic mass is 9.95. The first-order chi connectivity index (χ1) is 25.3. The van der Waals surface area contributed by atoms with Gasteiger partial charge in [-0.25, -0.2) is 0 Å². The molecule has 4 heteroatoms. The lowest BCUT2D eigenvalue weighted by Crippen LogP contribution is -1.98. The first-order valence-electron chi connectivity index (χ1n) is 17.1. The molecular weight excluding hydrogens is 625 g/mol. The molecule has 2 aromatic heterocycles. The number of nitrogens with zero attached hydrogens (tertiary/aromatic N) is 2. The largest absolute Gasteiger partial charge is 0.456 e. The van der Waals surface area contributed by atoms with Crippen molar-refractivity contribution in [2.24, 2.45) is 0 Å². The van der Waals surface area contributed by atoms with E-state index in [4.69, 9.17) is 9.47 Å². The van der Waals surface area contributed by atoms with E-state index in [-0.39, 0.29) is 0 Å². The van der Waals surface area contributed by atoms with Crippen molar-refractivity contribution >= 4 is 21.8 Å². The fourth-order valence-corrected chi connectivity index (χ4v) is 7.36. The number of benzene rings is 7. The molecule has 0 radical (unpaired) electrons. The van der Waals surface area contributed by atoms with E-state index in [1.807, 2.05) is 60.9 Å². The van der Waals surface area contributed by atoms with Gasteiger partial charge in [-0.1, -0.05) is 91.0 Å². The smallest absolute Gasteiger partial charge is 0.136 e. The van der Waals surface area contributed by atoms with Crippen LogP contribution in [0.15, 0.2) is 182 Å². The van der Waals surface area contributed by atoms with Gasteiger partial charge < -0.3 is 14.0 Å². The second kappa shape index (κ2) is 11.9. The van der Waals surface area contributed by atoms with Gasteiger partial charge in [-0.05, 0) is 101 Å². The zero-order valence-electron chi connectivity index (χ0n) is 27.5. The number of aromatic nitrogens is 2. The Kier molecular flexibility index (Phi) is 6.78. The number of hydrogen-bond donors (Lipinski definition) is 0. The molecular formula is C47H30N2O2. The summed E-state index contributed by atoms with van der Waals surface area (Å²) in [6, 6.07) is 59.2. The van der Waals surface area contributed by atoms with Gasteiger partial charge in [0.1, 0.15) is 23.0 Å². The van der Waals surface area contributed by atoms with Crippen molar-refractivity contribution in [1.29, 1.82) is 0 Å². The third-order valence-electron chi connectivity index (χ3n) is 9.79. The number of para-hydroxylation sites is 4. The molecule has 51 heavy (non-hydrogen) atoms. The van der Waals surface area contributed by atoms with Gasteiger partial charge in [0, 0.05) is 51.1 Å². The molecule has 3 heterocycles. The SMILES string of the molecule is c1ccc(-n2c3ccccc3c3cc(-c4ccc5c(c4)Oc4ccccc4-c4ccccc4Oc4cc(-c6ccncc6)ccc4-5)ccc32)cc1. The summed E-state index contributed by atoms with van der Waals surface area (Å²) in [5.41, 5.74) is 11.6. The molecule has 1 aliphatic heterocycles. The van der Waals surface area contributed by atoms with Crippen molar-refractivity contribution in [1.82, 2.24) is 9.55 Å². The van der Waals surface area contributed by atoms with Crippen LogP contribution in [-0.2, 0) is 0 Å². The predicted molar refractivity (Wildman–Crippen MR) is 207 cm³/mol. The molecule has 0 N–H and O–H groups in total. The predicted octanol–water partition coefficient (Wildman–Crippen LogP) is 12.7. The minimum absolute atomic E-state index is 0.754. The Hall–Kier alpha value is -6.91. The summed E-state index contributed by atoms with van der Waals surface area (Å²) in [5.74, 6) is 3.05. The normalized spacial score (nSPS) is 11.8. The Labute approximate surface area is 295 Å². The molecule has 0 fully saturated rings. The Morgan fingerprint density at radius 1 is 0.353 bits per heavy atom. The van der Waals surface area contributed by atoms with Crippen LogP contribution in [0.5, 0.6) is 23.0 Å². The number of fused-ring (bicyclic) bond motifs is 9. The third-order valence-corrected chi connectivity index (χ3v) is 9.79. The lowest BCUT2D eigenvalue weighted by molar-refractivity contribution is 0.472. The van der Waals surface area contributed by atoms with Crippen LogP contribution in [0.2, 0.25) is 0 Å². The van der Waals surface area contributed by atoms with Gasteiger partial charge in [0.05, 0.1) is 11.0 Å². The first kappa shape index (κ1) is 29.0. The van der Waals surface area contributed by atoms with E-state index >= 15 is 0 Å². The molecule has 1 aliphatic rings. The van der Waals surface area contributed by atoms with Crippen LogP contribution in [0.4, 0.5) is 0 Å². The van der Waals surface area contributed by atoms with E-state index in [2.05, 4.69) is 131 Å². The quantitative estimate of drug-likeness (QED) is 0.190. The number of rotatable bonds is 3. The summed E-state index contributed by atoms with van der Waals surface area (Å²) < 4.78 is 16.2. The second-order valence-corrected chi connectivity index (χ2v) is 12.8. The van der Waals surface area contributed by atoms with Crippen LogP contribution in [0.3, 0.4) is 0 Å². The van der Waals surface area contributed by atoms with Gasteiger partial charge in [-0.3, -0.25) is 4.98 Å². The molecule has 7 aromatic carbocycles. The topological polar surface area (TPSA) is 36.3 Å². The fraction of sp³-hybridized carbons (Fsp3) is 0. The van der Waals surface area contributed by atoms with E-state index in [9.17, 15) is 0 Å². The minimum Gasteiger partial charge on any atom is -0.456 e. The third kappa shape index (κ3) is 4.96. The van der Waals surface area contributed by atoms with Crippen LogP contribution in [0.1, 0.15) is 0 Å². The van der Waals surface area contributed by atoms with Crippen molar-refractivity contribution in [3.05, 3.63) is 182 Å². The Morgan fingerprint density at radius 2 is 0.863 bits per heavy atom. The van der Waals surface area contributed by atoms with Crippen molar-refractivity contribution in [2.45, 2.75) is 0 Å². The summed E-state index contributed by atoms with van der Waals surface area (Å²) in [6.45, 7) is 0. The van der Waals surface area contributed by atoms with E-state index < -0.39 is 0 Å². The standard InChI is InChI=1S/C47H30N2O2/c1-2-10-35(11-3-1)49-42-15-7-4-12-36(42)41-28-32(20-23-43(41)49)34-19-22-40-39-21-18-33(31-24-26-48-27-25-31)29-46(39)50-44-16-8-5-13-37(44)38-14-6-9-17-45(38)51-47(40)30-34/h1-30H. The molecule has 0 unspecified atom stereocenters. The van der Waals surface area contributed by atoms with Crippen molar-refractivity contribution < 1.29 is 9.47 Å². The molecule has 4 nitrogen and oxygen atoms in total. The van der Waals surface area contributed by atoms with Crippen LogP contribution in [0.25, 0.3) is 72.0 Å². The molecule has 0 saturated carbocycles. The Morgan fingerprint density at radius 3 is 1.55 bits per heavy atom. The summed E-state index contributed by atoms with van der Waals surface area (Å²) in [4.78, 5) is 4.22. The van der Waals surface area contributed by atoms with Crippen molar-refractivity contribution in [3.8, 4) is 73.2 Å². The average Bonchev–Trinajstić information content (AvgIpc) is 3.53. The Balaban J connectivity index is 1.17. The van der Waals surface area contributed by atoms with Crippen LogP contribution in [-0.4, -0.2) is 9.55 Å².